The molecule has 0 saturated heterocycles. The highest BCUT2D eigenvalue weighted by atomic mass is 16.6. The van der Waals surface area contributed by atoms with Gasteiger partial charge in [0.1, 0.15) is 59.7 Å². The lowest BCUT2D eigenvalue weighted by molar-refractivity contribution is -0.184. The van der Waals surface area contributed by atoms with Crippen LogP contribution in [0.5, 0.6) is 0 Å². The summed E-state index contributed by atoms with van der Waals surface area (Å²) < 4.78 is 26.8. The number of hydrogen-bond donors (Lipinski definition) is 8. The van der Waals surface area contributed by atoms with Crippen LogP contribution in [0.4, 0.5) is 0 Å². The molecule has 0 aromatic heterocycles. The minimum absolute atomic E-state index is 0.118. The summed E-state index contributed by atoms with van der Waals surface area (Å²) in [5.74, 6) is -7.15. The fourth-order valence-corrected chi connectivity index (χ4v) is 4.62. The molecule has 0 aliphatic rings. The van der Waals surface area contributed by atoms with Gasteiger partial charge in [0.15, 0.2) is 0 Å². The fraction of sp³-hybridized carbons (Fsp3) is 0.821. The SMILES string of the molecule is CCCOC(=O)C(C)(COC(=O)C(C)(COC(=O)C(C)(CO)CO)COC(=O)C(C)(CO)CO)COC(=O)C(C)(CCC(=O)C(C)(CO)CO)CC(=O)C(C)(CO)CO. The van der Waals surface area contributed by atoms with E-state index in [1.165, 1.54) is 41.5 Å². The smallest absolute Gasteiger partial charge is 0.318 e. The van der Waals surface area contributed by atoms with Crippen molar-refractivity contribution in [2.24, 2.45) is 37.9 Å². The van der Waals surface area contributed by atoms with Crippen LogP contribution >= 0.6 is 0 Å². The van der Waals surface area contributed by atoms with Crippen LogP contribution in [-0.2, 0) is 57.2 Å². The predicted molar refractivity (Wildman–Crippen MR) is 202 cm³/mol. The number of Topliss-reactive ketones (excluding diaryl/α,β-unsaturated/α-hetero) is 2. The van der Waals surface area contributed by atoms with Gasteiger partial charge in [-0.1, -0.05) is 6.92 Å². The van der Waals surface area contributed by atoms with E-state index in [0.29, 0.717) is 6.42 Å². The van der Waals surface area contributed by atoms with Crippen molar-refractivity contribution in [2.75, 3.05) is 85.9 Å². The standard InChI is InChI=1S/C39H66O20/c1-9-12-55-31(53)38(7,22-56-28(50)33(2,13-27(49)35(4,16-42)17-43)11-10-26(48)34(3,14-40)15-41)23-59-32(54)39(8,24-57-29(51)36(5,18-44)19-45)25-58-30(52)37(6,20-46)21-47/h40-47H,9-25H2,1-8H3. The molecule has 0 saturated carbocycles. The number of rotatable bonds is 30. The number of aliphatic hydroxyl groups excluding tert-OH is 8. The molecule has 8 N–H and O–H groups in total. The second-order valence-corrected chi connectivity index (χ2v) is 17.2. The van der Waals surface area contributed by atoms with Crippen LogP contribution in [0.25, 0.3) is 0 Å². The molecule has 0 bridgehead atoms. The van der Waals surface area contributed by atoms with Gasteiger partial charge in [-0.15, -0.1) is 0 Å². The second-order valence-electron chi connectivity index (χ2n) is 17.2. The highest BCUT2D eigenvalue weighted by Gasteiger charge is 2.48. The van der Waals surface area contributed by atoms with E-state index in [4.69, 9.17) is 23.7 Å². The van der Waals surface area contributed by atoms with Crippen molar-refractivity contribution >= 4 is 41.4 Å². The van der Waals surface area contributed by atoms with Crippen LogP contribution in [0.15, 0.2) is 0 Å². The van der Waals surface area contributed by atoms with E-state index in [-0.39, 0.29) is 6.61 Å². The summed E-state index contributed by atoms with van der Waals surface area (Å²) in [6.07, 6.45) is -1.17. The van der Waals surface area contributed by atoms with Crippen LogP contribution in [-0.4, -0.2) is 168 Å². The quantitative estimate of drug-likeness (QED) is 0.0298. The summed E-state index contributed by atoms with van der Waals surface area (Å²) >= 11 is 0. The van der Waals surface area contributed by atoms with Gasteiger partial charge in [-0.2, -0.15) is 0 Å². The summed E-state index contributed by atoms with van der Waals surface area (Å²) in [5, 5.41) is 77.6. The first-order valence-electron chi connectivity index (χ1n) is 19.0. The summed E-state index contributed by atoms with van der Waals surface area (Å²) in [7, 11) is 0. The summed E-state index contributed by atoms with van der Waals surface area (Å²) in [6.45, 7) is 0.0982. The van der Waals surface area contributed by atoms with Gasteiger partial charge in [0.2, 0.25) is 0 Å². The molecule has 0 aromatic carbocycles. The lowest BCUT2D eigenvalue weighted by Gasteiger charge is -2.34. The highest BCUT2D eigenvalue weighted by Crippen LogP contribution is 2.37. The maximum absolute atomic E-state index is 13.9. The summed E-state index contributed by atoms with van der Waals surface area (Å²) in [6, 6.07) is 0. The first-order valence-corrected chi connectivity index (χ1v) is 19.0. The Hall–Kier alpha value is -3.63. The Balaban J connectivity index is 6.78. The number of ether oxygens (including phenoxy) is 5. The van der Waals surface area contributed by atoms with Crippen molar-refractivity contribution in [3.8, 4) is 0 Å². The molecule has 20 heteroatoms. The summed E-state index contributed by atoms with van der Waals surface area (Å²) in [5.41, 5.74) is -12.9. The minimum atomic E-state index is -2.08. The molecule has 2 atom stereocenters. The Labute approximate surface area is 344 Å². The Morgan fingerprint density at radius 1 is 0.373 bits per heavy atom. The zero-order valence-electron chi connectivity index (χ0n) is 35.5. The van der Waals surface area contributed by atoms with Gasteiger partial charge in [-0.3, -0.25) is 33.6 Å². The van der Waals surface area contributed by atoms with E-state index in [1.807, 2.05) is 0 Å². The number of ketones is 2. The van der Waals surface area contributed by atoms with Crippen LogP contribution in [0.1, 0.15) is 81.1 Å². The normalized spacial score (nSPS) is 14.6. The molecule has 342 valence electrons. The maximum Gasteiger partial charge on any atom is 0.318 e. The Morgan fingerprint density at radius 3 is 0.949 bits per heavy atom. The van der Waals surface area contributed by atoms with Gasteiger partial charge in [0, 0.05) is 12.8 Å². The van der Waals surface area contributed by atoms with Crippen molar-refractivity contribution < 1.29 is 98.1 Å². The zero-order chi connectivity index (χ0) is 46.1. The van der Waals surface area contributed by atoms with Crippen molar-refractivity contribution in [3.05, 3.63) is 0 Å². The molecule has 0 heterocycles. The lowest BCUT2D eigenvalue weighted by Crippen LogP contribution is -2.48. The van der Waals surface area contributed by atoms with Crippen molar-refractivity contribution in [1.82, 2.24) is 0 Å². The molecule has 0 aromatic rings. The fourth-order valence-electron chi connectivity index (χ4n) is 4.62. The van der Waals surface area contributed by atoms with E-state index in [9.17, 15) is 74.4 Å². The molecule has 0 aliphatic heterocycles. The van der Waals surface area contributed by atoms with Gasteiger partial charge in [0.25, 0.3) is 0 Å². The molecule has 59 heavy (non-hydrogen) atoms. The average Bonchev–Trinajstić information content (AvgIpc) is 3.24. The van der Waals surface area contributed by atoms with Gasteiger partial charge < -0.3 is 64.5 Å². The van der Waals surface area contributed by atoms with E-state index in [1.54, 1.807) is 6.92 Å². The molecule has 0 aliphatic carbocycles. The van der Waals surface area contributed by atoms with Gasteiger partial charge in [-0.05, 0) is 61.3 Å². The monoisotopic (exact) mass is 854 g/mol. The number of hydrogen-bond acceptors (Lipinski definition) is 20. The van der Waals surface area contributed by atoms with Gasteiger partial charge in [0.05, 0.1) is 75.7 Å². The molecule has 0 fully saturated rings. The van der Waals surface area contributed by atoms with Crippen LogP contribution in [0, 0.1) is 37.9 Å². The molecule has 2 unspecified atom stereocenters. The van der Waals surface area contributed by atoms with E-state index in [0.717, 1.165) is 6.92 Å². The number of aliphatic hydroxyl groups is 8. The van der Waals surface area contributed by atoms with Crippen LogP contribution in [0.3, 0.4) is 0 Å². The van der Waals surface area contributed by atoms with Gasteiger partial charge >= 0.3 is 29.8 Å². The lowest BCUT2D eigenvalue weighted by atomic mass is 9.72. The van der Waals surface area contributed by atoms with Crippen LogP contribution in [0.2, 0.25) is 0 Å². The van der Waals surface area contributed by atoms with E-state index >= 15 is 0 Å². The maximum atomic E-state index is 13.9. The summed E-state index contributed by atoms with van der Waals surface area (Å²) in [4.78, 5) is 93.1. The molecular weight excluding hydrogens is 788 g/mol. The Bertz CT molecular complexity index is 1390. The average molecular weight is 855 g/mol. The van der Waals surface area contributed by atoms with E-state index in [2.05, 4.69) is 0 Å². The third-order valence-electron chi connectivity index (χ3n) is 10.6. The topological polar surface area (TPSA) is 327 Å². The second kappa shape index (κ2) is 23.4. The molecular formula is C39H66O20. The van der Waals surface area contributed by atoms with Gasteiger partial charge in [-0.25, -0.2) is 0 Å². The number of carbonyl (C=O) groups is 7. The zero-order valence-corrected chi connectivity index (χ0v) is 35.5. The molecule has 0 spiro atoms. The minimum Gasteiger partial charge on any atom is -0.465 e. The van der Waals surface area contributed by atoms with Crippen molar-refractivity contribution in [3.63, 3.8) is 0 Å². The third kappa shape index (κ3) is 14.5. The molecule has 0 amide bonds. The predicted octanol–water partition coefficient (Wildman–Crippen LogP) is -1.60. The first kappa shape index (κ1) is 55.4. The highest BCUT2D eigenvalue weighted by molar-refractivity contribution is 5.91. The van der Waals surface area contributed by atoms with Crippen LogP contribution < -0.4 is 0 Å². The first-order chi connectivity index (χ1) is 27.2. The third-order valence-corrected chi connectivity index (χ3v) is 10.6. The van der Waals surface area contributed by atoms with E-state index < -0.39 is 178 Å². The van der Waals surface area contributed by atoms with Crippen molar-refractivity contribution in [1.29, 1.82) is 0 Å². The van der Waals surface area contributed by atoms with Crippen molar-refractivity contribution in [2.45, 2.75) is 81.1 Å². The Morgan fingerprint density at radius 2 is 0.644 bits per heavy atom. The molecule has 0 radical (unpaired) electrons. The largest absolute Gasteiger partial charge is 0.465 e. The molecule has 0 rings (SSSR count). The molecule has 20 nitrogen and oxygen atoms in total. The Kier molecular flexibility index (Phi) is 22.0. The number of esters is 5. The number of carbonyl (C=O) groups excluding carboxylic acids is 7.